The van der Waals surface area contributed by atoms with Crippen LogP contribution in [0.15, 0.2) is 18.2 Å². The molecule has 0 aliphatic heterocycles. The van der Waals surface area contributed by atoms with E-state index in [1.807, 2.05) is 0 Å². The minimum absolute atomic E-state index is 0.296. The first-order chi connectivity index (χ1) is 8.19. The molecule has 100 valence electrons. The normalized spacial score (nSPS) is 11.0. The first kappa shape index (κ1) is 14.6. The number of nitrogens with zero attached hydrogens (tertiary/aromatic N) is 1. The number of hydrazine groups is 1. The molecule has 0 aliphatic rings. The van der Waals surface area contributed by atoms with Gasteiger partial charge in [0.15, 0.2) is 0 Å². The zero-order valence-electron chi connectivity index (χ0n) is 10.8. The van der Waals surface area contributed by atoms with Gasteiger partial charge in [0.05, 0.1) is 10.7 Å². The monoisotopic (exact) mass is 274 g/mol. The maximum absolute atomic E-state index is 13.0. The van der Waals surface area contributed by atoms with Crippen LogP contribution in [0.5, 0.6) is 0 Å². The summed E-state index contributed by atoms with van der Waals surface area (Å²) < 4.78 is 18.2. The molecule has 0 saturated heterocycles. The van der Waals surface area contributed by atoms with E-state index in [9.17, 15) is 9.18 Å². The number of halogens is 2. The van der Waals surface area contributed by atoms with Crippen molar-refractivity contribution in [2.45, 2.75) is 26.4 Å². The van der Waals surface area contributed by atoms with Gasteiger partial charge in [0.1, 0.15) is 11.4 Å². The van der Waals surface area contributed by atoms with E-state index in [4.69, 9.17) is 16.3 Å². The number of anilines is 1. The van der Waals surface area contributed by atoms with Crippen LogP contribution in [0.1, 0.15) is 20.8 Å². The second-order valence-corrected chi connectivity index (χ2v) is 5.18. The molecule has 1 rings (SSSR count). The van der Waals surface area contributed by atoms with E-state index in [0.29, 0.717) is 10.7 Å². The molecule has 0 bridgehead atoms. The fraction of sp³-hybridized carbons (Fsp3) is 0.417. The van der Waals surface area contributed by atoms with Gasteiger partial charge >= 0.3 is 6.09 Å². The molecule has 1 N–H and O–H groups in total. The number of rotatable bonds is 2. The predicted octanol–water partition coefficient (Wildman–Crippen LogP) is 3.67. The second kappa shape index (κ2) is 5.44. The fourth-order valence-electron chi connectivity index (χ4n) is 1.14. The van der Waals surface area contributed by atoms with Gasteiger partial charge in [0, 0.05) is 13.1 Å². The summed E-state index contributed by atoms with van der Waals surface area (Å²) in [6, 6.07) is 3.84. The van der Waals surface area contributed by atoms with E-state index >= 15 is 0 Å². The number of carbonyl (C=O) groups excluding carboxylic acids is 1. The van der Waals surface area contributed by atoms with E-state index < -0.39 is 17.5 Å². The van der Waals surface area contributed by atoms with Crippen LogP contribution in [-0.2, 0) is 4.74 Å². The molecule has 18 heavy (non-hydrogen) atoms. The Hall–Kier alpha value is -1.49. The first-order valence-corrected chi connectivity index (χ1v) is 5.75. The highest BCUT2D eigenvalue weighted by molar-refractivity contribution is 6.33. The lowest BCUT2D eigenvalue weighted by Gasteiger charge is -2.25. The first-order valence-electron chi connectivity index (χ1n) is 5.37. The maximum atomic E-state index is 13.0. The molecule has 0 unspecified atom stereocenters. The molecule has 0 spiro atoms. The Morgan fingerprint density at radius 2 is 2.06 bits per heavy atom. The van der Waals surface area contributed by atoms with Crippen molar-refractivity contribution in [1.82, 2.24) is 5.01 Å². The lowest BCUT2D eigenvalue weighted by atomic mass is 10.2. The van der Waals surface area contributed by atoms with Crippen molar-refractivity contribution in [3.05, 3.63) is 29.0 Å². The van der Waals surface area contributed by atoms with E-state index in [1.165, 1.54) is 25.2 Å². The summed E-state index contributed by atoms with van der Waals surface area (Å²) in [5, 5.41) is 1.41. The van der Waals surface area contributed by atoms with E-state index in [2.05, 4.69) is 5.43 Å². The van der Waals surface area contributed by atoms with Crippen molar-refractivity contribution in [2.24, 2.45) is 0 Å². The van der Waals surface area contributed by atoms with Crippen LogP contribution in [0.3, 0.4) is 0 Å². The third kappa shape index (κ3) is 4.41. The number of benzene rings is 1. The number of ether oxygens (including phenoxy) is 1. The standard InChI is InChI=1S/C12H16ClFN2O2/c1-12(2,3)18-11(17)16(4)15-10-7-8(14)5-6-9(10)13/h5-7,15H,1-4H3. The molecule has 0 atom stereocenters. The minimum Gasteiger partial charge on any atom is -0.442 e. The summed E-state index contributed by atoms with van der Waals surface area (Å²) in [4.78, 5) is 11.7. The number of nitrogens with one attached hydrogen (secondary N) is 1. The van der Waals surface area contributed by atoms with Crippen molar-refractivity contribution >= 4 is 23.4 Å². The number of hydrogen-bond donors (Lipinski definition) is 1. The van der Waals surface area contributed by atoms with Gasteiger partial charge in [-0.2, -0.15) is 0 Å². The summed E-state index contributed by atoms with van der Waals surface area (Å²) in [5.74, 6) is -0.445. The smallest absolute Gasteiger partial charge is 0.428 e. The van der Waals surface area contributed by atoms with Crippen molar-refractivity contribution in [3.63, 3.8) is 0 Å². The van der Waals surface area contributed by atoms with Crippen molar-refractivity contribution in [1.29, 1.82) is 0 Å². The Balaban J connectivity index is 2.72. The van der Waals surface area contributed by atoms with Crippen LogP contribution < -0.4 is 5.43 Å². The molecular weight excluding hydrogens is 259 g/mol. The lowest BCUT2D eigenvalue weighted by Crippen LogP contribution is -2.37. The number of carbonyl (C=O) groups is 1. The van der Waals surface area contributed by atoms with Gasteiger partial charge < -0.3 is 4.74 Å². The van der Waals surface area contributed by atoms with Crippen LogP contribution in [0.2, 0.25) is 5.02 Å². The van der Waals surface area contributed by atoms with Crippen molar-refractivity contribution in [2.75, 3.05) is 12.5 Å². The molecule has 1 aromatic carbocycles. The molecule has 0 fully saturated rings. The Bertz CT molecular complexity index is 446. The topological polar surface area (TPSA) is 41.6 Å². The maximum Gasteiger partial charge on any atom is 0.428 e. The summed E-state index contributed by atoms with van der Waals surface area (Å²) in [6.45, 7) is 5.27. The molecule has 0 aliphatic carbocycles. The highest BCUT2D eigenvalue weighted by atomic mass is 35.5. The molecule has 4 nitrogen and oxygen atoms in total. The Labute approximate surface area is 111 Å². The minimum atomic E-state index is -0.598. The Kier molecular flexibility index (Phi) is 4.40. The molecule has 0 radical (unpaired) electrons. The highest BCUT2D eigenvalue weighted by Crippen LogP contribution is 2.23. The highest BCUT2D eigenvalue weighted by Gasteiger charge is 2.20. The summed E-state index contributed by atoms with van der Waals surface area (Å²) >= 11 is 5.87. The van der Waals surface area contributed by atoms with Gasteiger partial charge in [-0.25, -0.2) is 14.2 Å². The molecule has 0 saturated carbocycles. The zero-order valence-corrected chi connectivity index (χ0v) is 11.5. The molecule has 6 heteroatoms. The van der Waals surface area contributed by atoms with Crippen LogP contribution in [-0.4, -0.2) is 23.8 Å². The molecular formula is C12H16ClFN2O2. The van der Waals surface area contributed by atoms with Crippen LogP contribution in [0.4, 0.5) is 14.9 Å². The summed E-state index contributed by atoms with van der Waals surface area (Å²) in [5.41, 5.74) is 2.36. The second-order valence-electron chi connectivity index (χ2n) is 4.78. The van der Waals surface area contributed by atoms with Gasteiger partial charge in [-0.1, -0.05) is 11.6 Å². The van der Waals surface area contributed by atoms with Crippen LogP contribution in [0.25, 0.3) is 0 Å². The molecule has 1 amide bonds. The number of hydrogen-bond acceptors (Lipinski definition) is 3. The molecule has 0 heterocycles. The van der Waals surface area contributed by atoms with E-state index in [1.54, 1.807) is 20.8 Å². The Morgan fingerprint density at radius 3 is 2.61 bits per heavy atom. The molecule has 0 aromatic heterocycles. The van der Waals surface area contributed by atoms with E-state index in [0.717, 1.165) is 5.01 Å². The van der Waals surface area contributed by atoms with Crippen molar-refractivity contribution in [3.8, 4) is 0 Å². The largest absolute Gasteiger partial charge is 0.442 e. The van der Waals surface area contributed by atoms with Gasteiger partial charge in [-0.3, -0.25) is 5.43 Å². The number of amides is 1. The summed E-state index contributed by atoms with van der Waals surface area (Å²) in [7, 11) is 1.47. The SMILES string of the molecule is CN(Nc1cc(F)ccc1Cl)C(=O)OC(C)(C)C. The summed E-state index contributed by atoms with van der Waals surface area (Å²) in [6.07, 6.45) is -0.581. The fourth-order valence-corrected chi connectivity index (χ4v) is 1.30. The van der Waals surface area contributed by atoms with Crippen LogP contribution in [0, 0.1) is 5.82 Å². The lowest BCUT2D eigenvalue weighted by molar-refractivity contribution is 0.0339. The van der Waals surface area contributed by atoms with Gasteiger partial charge in [0.2, 0.25) is 0 Å². The van der Waals surface area contributed by atoms with Crippen LogP contribution >= 0.6 is 11.6 Å². The van der Waals surface area contributed by atoms with E-state index in [-0.39, 0.29) is 0 Å². The average Bonchev–Trinajstić information content (AvgIpc) is 2.21. The van der Waals surface area contributed by atoms with Gasteiger partial charge in [-0.05, 0) is 32.9 Å². The predicted molar refractivity (Wildman–Crippen MR) is 69.0 cm³/mol. The van der Waals surface area contributed by atoms with Crippen molar-refractivity contribution < 1.29 is 13.9 Å². The van der Waals surface area contributed by atoms with Gasteiger partial charge in [0.25, 0.3) is 0 Å². The average molecular weight is 275 g/mol. The quantitative estimate of drug-likeness (QED) is 0.837. The third-order valence-corrected chi connectivity index (χ3v) is 2.21. The Morgan fingerprint density at radius 1 is 1.44 bits per heavy atom. The zero-order chi connectivity index (χ0) is 13.9. The molecule has 1 aromatic rings. The van der Waals surface area contributed by atoms with Gasteiger partial charge in [-0.15, -0.1) is 0 Å². The third-order valence-electron chi connectivity index (χ3n) is 1.88.